The summed E-state index contributed by atoms with van der Waals surface area (Å²) in [6, 6.07) is 7.49. The molecule has 3 nitrogen and oxygen atoms in total. The van der Waals surface area contributed by atoms with Gasteiger partial charge in [0.25, 0.3) is 0 Å². The van der Waals surface area contributed by atoms with Crippen molar-refractivity contribution in [3.8, 4) is 5.75 Å². The molecule has 4 heteroatoms. The van der Waals surface area contributed by atoms with Gasteiger partial charge >= 0.3 is 0 Å². The number of hydrogen-bond acceptors (Lipinski definition) is 3. The molecule has 19 heavy (non-hydrogen) atoms. The van der Waals surface area contributed by atoms with Gasteiger partial charge in [-0.15, -0.1) is 0 Å². The van der Waals surface area contributed by atoms with Crippen LogP contribution in [0.4, 0.5) is 5.69 Å². The van der Waals surface area contributed by atoms with E-state index in [4.69, 9.17) is 10.5 Å². The Morgan fingerprint density at radius 3 is 2.74 bits per heavy atom. The molecule has 106 valence electrons. The minimum absolute atomic E-state index is 0.588. The molecule has 1 saturated carbocycles. The monoisotopic (exact) mass is 281 g/mol. The molecule has 0 radical (unpaired) electrons. The largest absolute Gasteiger partial charge is 0.491 e. The zero-order chi connectivity index (χ0) is 13.5. The lowest BCUT2D eigenvalue weighted by Gasteiger charge is -2.10. The van der Waals surface area contributed by atoms with E-state index in [0.717, 1.165) is 23.7 Å². The molecule has 0 amide bonds. The summed E-state index contributed by atoms with van der Waals surface area (Å²) in [7, 11) is -0.684. The third-order valence-corrected chi connectivity index (χ3v) is 5.18. The van der Waals surface area contributed by atoms with Crippen LogP contribution in [0.5, 0.6) is 5.75 Å². The quantitative estimate of drug-likeness (QED) is 0.617. The lowest BCUT2D eigenvalue weighted by atomic mass is 10.1. The van der Waals surface area contributed by atoms with Crippen molar-refractivity contribution in [2.75, 3.05) is 23.8 Å². The van der Waals surface area contributed by atoms with Gasteiger partial charge in [0.1, 0.15) is 5.75 Å². The van der Waals surface area contributed by atoms with Gasteiger partial charge in [0.05, 0.1) is 12.3 Å². The van der Waals surface area contributed by atoms with E-state index < -0.39 is 10.8 Å². The third-order valence-electron chi connectivity index (χ3n) is 3.59. The molecule has 1 aromatic rings. The molecule has 0 aliphatic heterocycles. The molecule has 1 aromatic carbocycles. The predicted molar refractivity (Wildman–Crippen MR) is 80.8 cm³/mol. The summed E-state index contributed by atoms with van der Waals surface area (Å²) in [4.78, 5) is 0. The second kappa shape index (κ2) is 7.53. The highest BCUT2D eigenvalue weighted by atomic mass is 32.2. The van der Waals surface area contributed by atoms with Gasteiger partial charge in [0.2, 0.25) is 0 Å². The van der Waals surface area contributed by atoms with Crippen molar-refractivity contribution in [1.82, 2.24) is 0 Å². The normalized spacial score (nSPS) is 17.5. The fraction of sp³-hybridized carbons (Fsp3) is 0.600. The maximum Gasteiger partial charge on any atom is 0.142 e. The van der Waals surface area contributed by atoms with Crippen LogP contribution in [0.2, 0.25) is 0 Å². The van der Waals surface area contributed by atoms with Gasteiger partial charge in [0.15, 0.2) is 0 Å². The number of rotatable bonds is 7. The topological polar surface area (TPSA) is 52.3 Å². The standard InChI is InChI=1S/C15H23NO2S/c16-14-8-3-4-9-15(14)18-10-5-11-19(17)12-13-6-1-2-7-13/h3-4,8-9,13H,1-2,5-7,10-12,16H2. The van der Waals surface area contributed by atoms with E-state index in [1.54, 1.807) is 0 Å². The maximum atomic E-state index is 11.9. The fourth-order valence-electron chi connectivity index (χ4n) is 2.54. The number of benzene rings is 1. The molecule has 1 fully saturated rings. The first-order valence-electron chi connectivity index (χ1n) is 7.08. The highest BCUT2D eigenvalue weighted by Crippen LogP contribution is 2.25. The lowest BCUT2D eigenvalue weighted by Crippen LogP contribution is -2.12. The smallest absolute Gasteiger partial charge is 0.142 e. The van der Waals surface area contributed by atoms with Crippen LogP contribution in [0, 0.1) is 5.92 Å². The van der Waals surface area contributed by atoms with E-state index in [-0.39, 0.29) is 0 Å². The Morgan fingerprint density at radius 2 is 2.00 bits per heavy atom. The molecule has 1 aliphatic rings. The molecule has 0 spiro atoms. The summed E-state index contributed by atoms with van der Waals surface area (Å²) in [5.74, 6) is 3.05. The average Bonchev–Trinajstić information content (AvgIpc) is 2.89. The Bertz CT molecular complexity index is 416. The molecule has 1 atom stereocenters. The zero-order valence-corrected chi connectivity index (χ0v) is 12.2. The molecule has 1 aliphatic carbocycles. The molecule has 1 unspecified atom stereocenters. The Balaban J connectivity index is 1.61. The van der Waals surface area contributed by atoms with E-state index in [0.29, 0.717) is 18.2 Å². The van der Waals surface area contributed by atoms with Crippen LogP contribution in [-0.4, -0.2) is 22.3 Å². The molecule has 0 saturated heterocycles. The fourth-order valence-corrected chi connectivity index (χ4v) is 4.00. The zero-order valence-electron chi connectivity index (χ0n) is 11.3. The highest BCUT2D eigenvalue weighted by molar-refractivity contribution is 7.84. The summed E-state index contributed by atoms with van der Waals surface area (Å²) >= 11 is 0. The minimum atomic E-state index is -0.684. The number of anilines is 1. The van der Waals surface area contributed by atoms with Crippen molar-refractivity contribution in [3.05, 3.63) is 24.3 Å². The average molecular weight is 281 g/mol. The first-order chi connectivity index (χ1) is 9.25. The van der Waals surface area contributed by atoms with Gasteiger partial charge in [-0.25, -0.2) is 0 Å². The SMILES string of the molecule is Nc1ccccc1OCCCS(=O)CC1CCCC1. The highest BCUT2D eigenvalue weighted by Gasteiger charge is 2.17. The van der Waals surface area contributed by atoms with Crippen LogP contribution in [0.3, 0.4) is 0 Å². The molecule has 0 aromatic heterocycles. The van der Waals surface area contributed by atoms with Crippen molar-refractivity contribution < 1.29 is 8.95 Å². The van der Waals surface area contributed by atoms with Crippen LogP contribution in [0.1, 0.15) is 32.1 Å². The van der Waals surface area contributed by atoms with Crippen molar-refractivity contribution >= 4 is 16.5 Å². The number of ether oxygens (including phenoxy) is 1. The van der Waals surface area contributed by atoms with E-state index >= 15 is 0 Å². The second-order valence-electron chi connectivity index (χ2n) is 5.20. The van der Waals surface area contributed by atoms with Gasteiger partial charge in [-0.2, -0.15) is 0 Å². The minimum Gasteiger partial charge on any atom is -0.491 e. The number of hydrogen-bond donors (Lipinski definition) is 1. The van der Waals surface area contributed by atoms with Crippen LogP contribution in [0.15, 0.2) is 24.3 Å². The second-order valence-corrected chi connectivity index (χ2v) is 6.82. The Kier molecular flexibility index (Phi) is 5.70. The van der Waals surface area contributed by atoms with Gasteiger partial charge in [-0.1, -0.05) is 25.0 Å². The molecular formula is C15H23NO2S. The van der Waals surface area contributed by atoms with Gasteiger partial charge in [-0.05, 0) is 37.3 Å². The first kappa shape index (κ1) is 14.4. The summed E-state index contributed by atoms with van der Waals surface area (Å²) in [6.45, 7) is 0.588. The maximum absolute atomic E-state index is 11.9. The van der Waals surface area contributed by atoms with Crippen LogP contribution in [-0.2, 0) is 10.8 Å². The predicted octanol–water partition coefficient (Wildman–Crippen LogP) is 2.98. The number of nitrogen functional groups attached to an aromatic ring is 1. The van der Waals surface area contributed by atoms with Gasteiger partial charge in [-0.3, -0.25) is 4.21 Å². The summed E-state index contributed by atoms with van der Waals surface area (Å²) in [5, 5.41) is 0. The van der Waals surface area contributed by atoms with Crippen molar-refractivity contribution in [3.63, 3.8) is 0 Å². The number of nitrogens with two attached hydrogens (primary N) is 1. The summed E-state index contributed by atoms with van der Waals surface area (Å²) < 4.78 is 17.5. The molecule has 0 heterocycles. The van der Waals surface area contributed by atoms with Crippen LogP contribution < -0.4 is 10.5 Å². The first-order valence-corrected chi connectivity index (χ1v) is 8.57. The summed E-state index contributed by atoms with van der Waals surface area (Å²) in [6.07, 6.45) is 6.00. The van der Waals surface area contributed by atoms with Crippen LogP contribution in [0.25, 0.3) is 0 Å². The van der Waals surface area contributed by atoms with Gasteiger partial charge < -0.3 is 10.5 Å². The van der Waals surface area contributed by atoms with Crippen molar-refractivity contribution in [1.29, 1.82) is 0 Å². The third kappa shape index (κ3) is 4.86. The Labute approximate surface area is 118 Å². The van der Waals surface area contributed by atoms with E-state index in [9.17, 15) is 4.21 Å². The molecule has 2 N–H and O–H groups in total. The lowest BCUT2D eigenvalue weighted by molar-refractivity contribution is 0.320. The molecular weight excluding hydrogens is 258 g/mol. The summed E-state index contributed by atoms with van der Waals surface area (Å²) in [5.41, 5.74) is 6.45. The molecule has 0 bridgehead atoms. The van der Waals surface area contributed by atoms with E-state index in [1.807, 2.05) is 24.3 Å². The van der Waals surface area contributed by atoms with E-state index in [2.05, 4.69) is 0 Å². The number of para-hydroxylation sites is 2. The Hall–Kier alpha value is -1.03. The van der Waals surface area contributed by atoms with Gasteiger partial charge in [0, 0.05) is 22.3 Å². The van der Waals surface area contributed by atoms with Crippen molar-refractivity contribution in [2.24, 2.45) is 5.92 Å². The van der Waals surface area contributed by atoms with Crippen LogP contribution >= 0.6 is 0 Å². The van der Waals surface area contributed by atoms with Crippen molar-refractivity contribution in [2.45, 2.75) is 32.1 Å². The Morgan fingerprint density at radius 1 is 1.26 bits per heavy atom. The molecule has 2 rings (SSSR count). The van der Waals surface area contributed by atoms with E-state index in [1.165, 1.54) is 25.7 Å².